The molecule has 27 heavy (non-hydrogen) atoms. The number of ether oxygens (including phenoxy) is 1. The number of aromatic nitrogens is 2. The van der Waals surface area contributed by atoms with Gasteiger partial charge in [-0.1, -0.05) is 0 Å². The van der Waals surface area contributed by atoms with Crippen molar-refractivity contribution in [1.82, 2.24) is 9.97 Å². The van der Waals surface area contributed by atoms with Crippen molar-refractivity contribution >= 4 is 22.3 Å². The number of aromatic amines is 1. The van der Waals surface area contributed by atoms with E-state index in [-0.39, 0.29) is 35.4 Å². The van der Waals surface area contributed by atoms with Gasteiger partial charge in [-0.2, -0.15) is 0 Å². The number of halogens is 1. The highest BCUT2D eigenvalue weighted by molar-refractivity contribution is 5.86. The highest BCUT2D eigenvalue weighted by atomic mass is 19.1. The van der Waals surface area contributed by atoms with Crippen LogP contribution in [-0.4, -0.2) is 39.3 Å². The molecule has 0 aliphatic rings. The van der Waals surface area contributed by atoms with Crippen LogP contribution in [0.3, 0.4) is 0 Å². The first-order valence-corrected chi connectivity index (χ1v) is 7.90. The maximum atomic E-state index is 12.8. The largest absolute Gasteiger partial charge is 0.491 e. The van der Waals surface area contributed by atoms with E-state index in [0.717, 1.165) is 6.07 Å². The van der Waals surface area contributed by atoms with Crippen LogP contribution in [0, 0.1) is 15.9 Å². The van der Waals surface area contributed by atoms with Crippen molar-refractivity contribution in [3.05, 3.63) is 69.0 Å². The van der Waals surface area contributed by atoms with Gasteiger partial charge in [0.1, 0.15) is 30.0 Å². The van der Waals surface area contributed by atoms with Crippen LogP contribution in [0.4, 0.5) is 15.8 Å². The standard InChI is InChI=1S/C17H15FN4O5/c18-10-1-3-12(4-2-10)27-8-11(23)7-19-15-6-14-13(5-16(15)22(25)26)17(24)21-9-20-14/h1-6,9,11,19,23H,7-8H2,(H,20,21,24). The van der Waals surface area contributed by atoms with Gasteiger partial charge in [0, 0.05) is 12.6 Å². The lowest BCUT2D eigenvalue weighted by Gasteiger charge is -2.14. The fourth-order valence-corrected chi connectivity index (χ4v) is 2.41. The topological polar surface area (TPSA) is 130 Å². The van der Waals surface area contributed by atoms with E-state index in [9.17, 15) is 24.4 Å². The number of H-pyrrole nitrogens is 1. The van der Waals surface area contributed by atoms with E-state index >= 15 is 0 Å². The van der Waals surface area contributed by atoms with E-state index in [2.05, 4.69) is 15.3 Å². The Labute approximate surface area is 151 Å². The SMILES string of the molecule is O=c1[nH]cnc2cc(NCC(O)COc3ccc(F)cc3)c([N+](=O)[O-])cc12. The third-order valence-corrected chi connectivity index (χ3v) is 3.74. The Morgan fingerprint density at radius 2 is 2.07 bits per heavy atom. The summed E-state index contributed by atoms with van der Waals surface area (Å²) < 4.78 is 18.2. The first-order chi connectivity index (χ1) is 12.9. The number of rotatable bonds is 7. The molecule has 3 N–H and O–H groups in total. The van der Waals surface area contributed by atoms with Crippen LogP contribution in [0.15, 0.2) is 47.5 Å². The molecular weight excluding hydrogens is 359 g/mol. The van der Waals surface area contributed by atoms with Gasteiger partial charge in [-0.25, -0.2) is 9.37 Å². The van der Waals surface area contributed by atoms with Crippen molar-refractivity contribution in [2.45, 2.75) is 6.10 Å². The van der Waals surface area contributed by atoms with Crippen molar-refractivity contribution in [1.29, 1.82) is 0 Å². The molecule has 1 unspecified atom stereocenters. The molecule has 0 aliphatic carbocycles. The van der Waals surface area contributed by atoms with Crippen molar-refractivity contribution in [3.63, 3.8) is 0 Å². The lowest BCUT2D eigenvalue weighted by molar-refractivity contribution is -0.383. The number of hydrogen-bond donors (Lipinski definition) is 3. The van der Waals surface area contributed by atoms with Crippen LogP contribution < -0.4 is 15.6 Å². The van der Waals surface area contributed by atoms with Crippen molar-refractivity contribution in [2.24, 2.45) is 0 Å². The van der Waals surface area contributed by atoms with Crippen molar-refractivity contribution in [3.8, 4) is 5.75 Å². The monoisotopic (exact) mass is 374 g/mol. The van der Waals surface area contributed by atoms with E-state index in [0.29, 0.717) is 5.75 Å². The normalized spacial score (nSPS) is 11.9. The van der Waals surface area contributed by atoms with Crippen LogP contribution in [0.5, 0.6) is 5.75 Å². The summed E-state index contributed by atoms with van der Waals surface area (Å²) in [5.41, 5.74) is -0.398. The van der Waals surface area contributed by atoms with Crippen LogP contribution in [0.25, 0.3) is 10.9 Å². The van der Waals surface area contributed by atoms with Crippen LogP contribution in [0.2, 0.25) is 0 Å². The number of nitro benzene ring substituents is 1. The molecule has 0 bridgehead atoms. The Hall–Kier alpha value is -3.53. The van der Waals surface area contributed by atoms with Gasteiger partial charge in [0.05, 0.1) is 22.2 Å². The minimum Gasteiger partial charge on any atom is -0.491 e. The van der Waals surface area contributed by atoms with Crippen molar-refractivity contribution < 1.29 is 19.2 Å². The van der Waals surface area contributed by atoms with Gasteiger partial charge in [-0.15, -0.1) is 0 Å². The number of anilines is 1. The molecule has 1 aromatic heterocycles. The maximum Gasteiger partial charge on any atom is 0.293 e. The zero-order valence-corrected chi connectivity index (χ0v) is 13.9. The number of aliphatic hydroxyl groups is 1. The molecule has 140 valence electrons. The summed E-state index contributed by atoms with van der Waals surface area (Å²) in [6.45, 7) is -0.144. The molecule has 10 heteroatoms. The molecule has 1 heterocycles. The smallest absolute Gasteiger partial charge is 0.293 e. The number of fused-ring (bicyclic) bond motifs is 1. The first-order valence-electron chi connectivity index (χ1n) is 7.90. The summed E-state index contributed by atoms with van der Waals surface area (Å²) in [6.07, 6.45) is 0.212. The second-order valence-corrected chi connectivity index (χ2v) is 5.67. The fraction of sp³-hybridized carbons (Fsp3) is 0.176. The zero-order valence-electron chi connectivity index (χ0n) is 13.9. The Kier molecular flexibility index (Phi) is 5.27. The molecule has 1 atom stereocenters. The highest BCUT2D eigenvalue weighted by Crippen LogP contribution is 2.27. The minimum absolute atomic E-state index is 0.0449. The number of nitro groups is 1. The van der Waals surface area contributed by atoms with E-state index in [1.54, 1.807) is 0 Å². The molecule has 3 aromatic rings. The zero-order chi connectivity index (χ0) is 19.4. The summed E-state index contributed by atoms with van der Waals surface area (Å²) in [4.78, 5) is 28.7. The van der Waals surface area contributed by atoms with E-state index in [4.69, 9.17) is 4.74 Å². The van der Waals surface area contributed by atoms with Gasteiger partial charge in [-0.3, -0.25) is 14.9 Å². The number of hydrogen-bond acceptors (Lipinski definition) is 7. The third kappa shape index (κ3) is 4.36. The van der Waals surface area contributed by atoms with Gasteiger partial charge in [0.2, 0.25) is 0 Å². The Morgan fingerprint density at radius 1 is 1.33 bits per heavy atom. The van der Waals surface area contributed by atoms with Crippen LogP contribution in [0.1, 0.15) is 0 Å². The fourth-order valence-electron chi connectivity index (χ4n) is 2.41. The summed E-state index contributed by atoms with van der Waals surface area (Å²) >= 11 is 0. The van der Waals surface area contributed by atoms with Gasteiger partial charge in [-0.05, 0) is 30.3 Å². The molecule has 0 aliphatic heterocycles. The van der Waals surface area contributed by atoms with Crippen molar-refractivity contribution in [2.75, 3.05) is 18.5 Å². The molecule has 0 saturated heterocycles. The third-order valence-electron chi connectivity index (χ3n) is 3.74. The molecule has 0 amide bonds. The Balaban J connectivity index is 1.70. The van der Waals surface area contributed by atoms with E-state index in [1.807, 2.05) is 0 Å². The first kappa shape index (κ1) is 18.3. The Morgan fingerprint density at radius 3 is 2.78 bits per heavy atom. The van der Waals surface area contributed by atoms with E-state index < -0.39 is 22.4 Å². The number of aliphatic hydroxyl groups excluding tert-OH is 1. The molecule has 2 aromatic carbocycles. The summed E-state index contributed by atoms with van der Waals surface area (Å²) in [5, 5.41) is 24.1. The number of benzene rings is 2. The molecule has 3 rings (SSSR count). The second kappa shape index (κ2) is 7.79. The van der Waals surface area contributed by atoms with Gasteiger partial charge >= 0.3 is 0 Å². The highest BCUT2D eigenvalue weighted by Gasteiger charge is 2.18. The average Bonchev–Trinajstić information content (AvgIpc) is 2.65. The maximum absolute atomic E-state index is 12.8. The molecule has 0 radical (unpaired) electrons. The lowest BCUT2D eigenvalue weighted by atomic mass is 10.2. The Bertz CT molecular complexity index is 1020. The minimum atomic E-state index is -0.988. The molecule has 0 fully saturated rings. The molecule has 0 saturated carbocycles. The van der Waals surface area contributed by atoms with Gasteiger partial charge < -0.3 is 20.1 Å². The molecule has 9 nitrogen and oxygen atoms in total. The van der Waals surface area contributed by atoms with Crippen LogP contribution in [-0.2, 0) is 0 Å². The quantitative estimate of drug-likeness (QED) is 0.425. The summed E-state index contributed by atoms with van der Waals surface area (Å²) in [6, 6.07) is 7.81. The summed E-state index contributed by atoms with van der Waals surface area (Å²) in [5.74, 6) is -0.0174. The van der Waals surface area contributed by atoms with Gasteiger partial charge in [0.25, 0.3) is 11.2 Å². The lowest BCUT2D eigenvalue weighted by Crippen LogP contribution is -2.26. The van der Waals surface area contributed by atoms with E-state index in [1.165, 1.54) is 36.7 Å². The number of nitrogens with zero attached hydrogens (tertiary/aromatic N) is 2. The predicted octanol–water partition coefficient (Wildman–Crippen LogP) is 1.82. The van der Waals surface area contributed by atoms with Crippen LogP contribution >= 0.6 is 0 Å². The summed E-state index contributed by atoms with van der Waals surface area (Å²) in [7, 11) is 0. The second-order valence-electron chi connectivity index (χ2n) is 5.67. The predicted molar refractivity (Wildman–Crippen MR) is 95.4 cm³/mol. The number of nitrogens with one attached hydrogen (secondary N) is 2. The molecular formula is C17H15FN4O5. The average molecular weight is 374 g/mol. The van der Waals surface area contributed by atoms with Gasteiger partial charge in [0.15, 0.2) is 0 Å². The molecule has 0 spiro atoms.